The van der Waals surface area contributed by atoms with Crippen molar-refractivity contribution in [3.05, 3.63) is 69.2 Å². The molecule has 2 nitrogen and oxygen atoms in total. The van der Waals surface area contributed by atoms with E-state index >= 15 is 0 Å². The predicted molar refractivity (Wildman–Crippen MR) is 96.5 cm³/mol. The second-order valence-electron chi connectivity index (χ2n) is 5.22. The number of nitrogens with zero attached hydrogens (tertiary/aromatic N) is 1. The largest absolute Gasteiger partial charge is 0.270 e. The van der Waals surface area contributed by atoms with Gasteiger partial charge in [0.25, 0.3) is 0 Å². The molecule has 0 radical (unpaired) electrons. The standard InChI is InChI=1S/C17H16Cl2N2S/c1-11-12(2)20-21(15-6-4-3-5-7-15)17(11)22-16-9-13(18)8-14(19)10-16/h3-10,12,20H,1-2H3. The van der Waals surface area contributed by atoms with Gasteiger partial charge in [-0.15, -0.1) is 0 Å². The number of hydrogen-bond donors (Lipinski definition) is 1. The van der Waals surface area contributed by atoms with Gasteiger partial charge in [-0.2, -0.15) is 0 Å². The molecule has 0 amide bonds. The Morgan fingerprint density at radius 3 is 2.32 bits per heavy atom. The molecule has 0 fully saturated rings. The molecule has 0 aromatic heterocycles. The molecule has 1 aliphatic heterocycles. The van der Waals surface area contributed by atoms with E-state index in [1.165, 1.54) is 5.57 Å². The summed E-state index contributed by atoms with van der Waals surface area (Å²) < 4.78 is 0. The van der Waals surface area contributed by atoms with Crippen molar-refractivity contribution in [1.82, 2.24) is 5.43 Å². The molecule has 2 aromatic carbocycles. The van der Waals surface area contributed by atoms with Crippen LogP contribution in [0, 0.1) is 0 Å². The van der Waals surface area contributed by atoms with Crippen molar-refractivity contribution in [1.29, 1.82) is 0 Å². The van der Waals surface area contributed by atoms with Gasteiger partial charge in [0.15, 0.2) is 0 Å². The SMILES string of the molecule is CC1=C(Sc2cc(Cl)cc(Cl)c2)N(c2ccccc2)NC1C. The molecule has 5 heteroatoms. The normalized spacial score (nSPS) is 18.2. The number of benzene rings is 2. The summed E-state index contributed by atoms with van der Waals surface area (Å²) in [7, 11) is 0. The van der Waals surface area contributed by atoms with Crippen molar-refractivity contribution in [2.24, 2.45) is 0 Å². The van der Waals surface area contributed by atoms with E-state index in [1.54, 1.807) is 17.8 Å². The van der Waals surface area contributed by atoms with Crippen LogP contribution in [-0.2, 0) is 0 Å². The summed E-state index contributed by atoms with van der Waals surface area (Å²) in [6.45, 7) is 4.30. The third-order valence-corrected chi connectivity index (χ3v) is 5.18. The smallest absolute Gasteiger partial charge is 0.0960 e. The van der Waals surface area contributed by atoms with E-state index in [0.717, 1.165) is 15.6 Å². The third-order valence-electron chi connectivity index (χ3n) is 3.58. The highest BCUT2D eigenvalue weighted by molar-refractivity contribution is 8.03. The predicted octanol–water partition coefficient (Wildman–Crippen LogP) is 5.73. The van der Waals surface area contributed by atoms with Gasteiger partial charge in [0, 0.05) is 21.0 Å². The van der Waals surface area contributed by atoms with E-state index in [4.69, 9.17) is 23.2 Å². The summed E-state index contributed by atoms with van der Waals surface area (Å²) in [4.78, 5) is 1.03. The molecule has 22 heavy (non-hydrogen) atoms. The van der Waals surface area contributed by atoms with Crippen LogP contribution in [0.1, 0.15) is 13.8 Å². The van der Waals surface area contributed by atoms with Crippen molar-refractivity contribution >= 4 is 40.7 Å². The Hall–Kier alpha value is -1.13. The molecule has 1 N–H and O–H groups in total. The molecule has 1 heterocycles. The Balaban J connectivity index is 1.95. The molecule has 0 bridgehead atoms. The maximum absolute atomic E-state index is 6.11. The molecule has 1 atom stereocenters. The fourth-order valence-corrected chi connectivity index (χ4v) is 4.14. The lowest BCUT2D eigenvalue weighted by Gasteiger charge is -2.23. The maximum atomic E-state index is 6.11. The zero-order valence-electron chi connectivity index (χ0n) is 12.3. The van der Waals surface area contributed by atoms with E-state index in [1.807, 2.05) is 30.3 Å². The summed E-state index contributed by atoms with van der Waals surface area (Å²) >= 11 is 13.9. The third kappa shape index (κ3) is 3.28. The zero-order valence-corrected chi connectivity index (χ0v) is 14.6. The maximum Gasteiger partial charge on any atom is 0.0960 e. The lowest BCUT2D eigenvalue weighted by molar-refractivity contribution is 0.663. The molecule has 0 saturated heterocycles. The molecule has 0 spiro atoms. The van der Waals surface area contributed by atoms with Crippen LogP contribution in [0.25, 0.3) is 0 Å². The average molecular weight is 351 g/mol. The molecule has 114 valence electrons. The molecule has 0 saturated carbocycles. The number of hydrazine groups is 1. The Kier molecular flexibility index (Phi) is 4.69. The van der Waals surface area contributed by atoms with Crippen molar-refractivity contribution in [2.45, 2.75) is 24.8 Å². The quantitative estimate of drug-likeness (QED) is 0.760. The number of halogens is 2. The van der Waals surface area contributed by atoms with Crippen molar-refractivity contribution < 1.29 is 0 Å². The van der Waals surface area contributed by atoms with Crippen LogP contribution >= 0.6 is 35.0 Å². The summed E-state index contributed by atoms with van der Waals surface area (Å²) in [5.74, 6) is 0. The van der Waals surface area contributed by atoms with Crippen LogP contribution in [0.5, 0.6) is 0 Å². The van der Waals surface area contributed by atoms with Gasteiger partial charge in [-0.25, -0.2) is 5.43 Å². The molecular formula is C17H16Cl2N2S. The minimum absolute atomic E-state index is 0.289. The number of nitrogens with one attached hydrogen (secondary N) is 1. The fourth-order valence-electron chi connectivity index (χ4n) is 2.30. The lowest BCUT2D eigenvalue weighted by Crippen LogP contribution is -2.35. The summed E-state index contributed by atoms with van der Waals surface area (Å²) in [5.41, 5.74) is 5.90. The van der Waals surface area contributed by atoms with E-state index < -0.39 is 0 Å². The minimum atomic E-state index is 0.289. The first-order chi connectivity index (χ1) is 10.5. The highest BCUT2D eigenvalue weighted by atomic mass is 35.5. The average Bonchev–Trinajstić information content (AvgIpc) is 2.75. The second-order valence-corrected chi connectivity index (χ2v) is 7.15. The van der Waals surface area contributed by atoms with Crippen LogP contribution in [0.2, 0.25) is 10.0 Å². The Bertz CT molecular complexity index is 696. The first kappa shape index (κ1) is 15.8. The first-order valence-corrected chi connectivity index (χ1v) is 8.58. The Morgan fingerprint density at radius 1 is 1.05 bits per heavy atom. The van der Waals surface area contributed by atoms with Crippen LogP contribution < -0.4 is 10.4 Å². The molecular weight excluding hydrogens is 335 g/mol. The monoisotopic (exact) mass is 350 g/mol. The van der Waals surface area contributed by atoms with Crippen LogP contribution in [-0.4, -0.2) is 6.04 Å². The topological polar surface area (TPSA) is 15.3 Å². The summed E-state index contributed by atoms with van der Waals surface area (Å²) in [5, 5.41) is 4.59. The molecule has 1 aliphatic rings. The Morgan fingerprint density at radius 2 is 1.68 bits per heavy atom. The van der Waals surface area contributed by atoms with Crippen molar-refractivity contribution in [3.63, 3.8) is 0 Å². The Labute approximate surface area is 145 Å². The van der Waals surface area contributed by atoms with E-state index in [0.29, 0.717) is 10.0 Å². The van der Waals surface area contributed by atoms with Gasteiger partial charge in [-0.05, 0) is 49.8 Å². The number of rotatable bonds is 3. The minimum Gasteiger partial charge on any atom is -0.270 e. The van der Waals surface area contributed by atoms with Gasteiger partial charge in [0.05, 0.1) is 10.7 Å². The van der Waals surface area contributed by atoms with Gasteiger partial charge < -0.3 is 0 Å². The molecule has 1 unspecified atom stereocenters. The molecule has 3 rings (SSSR count). The fraction of sp³-hybridized carbons (Fsp3) is 0.176. The van der Waals surface area contributed by atoms with Crippen LogP contribution in [0.4, 0.5) is 5.69 Å². The molecule has 0 aliphatic carbocycles. The van der Waals surface area contributed by atoms with E-state index in [2.05, 4.69) is 36.4 Å². The number of para-hydroxylation sites is 1. The van der Waals surface area contributed by atoms with Crippen LogP contribution in [0.3, 0.4) is 0 Å². The van der Waals surface area contributed by atoms with Gasteiger partial charge in [-0.1, -0.05) is 53.2 Å². The van der Waals surface area contributed by atoms with Gasteiger partial charge in [-0.3, -0.25) is 5.01 Å². The van der Waals surface area contributed by atoms with Gasteiger partial charge >= 0.3 is 0 Å². The zero-order chi connectivity index (χ0) is 15.7. The van der Waals surface area contributed by atoms with Gasteiger partial charge in [0.1, 0.15) is 0 Å². The number of thioether (sulfide) groups is 1. The molecule has 2 aromatic rings. The number of anilines is 1. The van der Waals surface area contributed by atoms with Crippen molar-refractivity contribution in [2.75, 3.05) is 5.01 Å². The van der Waals surface area contributed by atoms with E-state index in [9.17, 15) is 0 Å². The lowest BCUT2D eigenvalue weighted by atomic mass is 10.2. The highest BCUT2D eigenvalue weighted by Gasteiger charge is 2.27. The summed E-state index contributed by atoms with van der Waals surface area (Å²) in [6, 6.07) is 16.2. The number of hydrogen-bond acceptors (Lipinski definition) is 3. The summed E-state index contributed by atoms with van der Waals surface area (Å²) in [6.07, 6.45) is 0. The second kappa shape index (κ2) is 6.55. The van der Waals surface area contributed by atoms with E-state index in [-0.39, 0.29) is 6.04 Å². The highest BCUT2D eigenvalue weighted by Crippen LogP contribution is 2.39. The first-order valence-electron chi connectivity index (χ1n) is 7.00. The van der Waals surface area contributed by atoms with Crippen LogP contribution in [0.15, 0.2) is 64.0 Å². The van der Waals surface area contributed by atoms with Gasteiger partial charge in [0.2, 0.25) is 0 Å². The van der Waals surface area contributed by atoms with Crippen molar-refractivity contribution in [3.8, 4) is 0 Å².